The molecule has 0 aliphatic carbocycles. The average Bonchev–Trinajstić information content (AvgIpc) is 3.06. The van der Waals surface area contributed by atoms with E-state index in [4.69, 9.17) is 4.74 Å². The van der Waals surface area contributed by atoms with E-state index in [0.29, 0.717) is 5.41 Å². The number of morpholine rings is 1. The first-order chi connectivity index (χ1) is 9.70. The topological polar surface area (TPSA) is 27.7 Å². The Bertz CT molecular complexity index is 317. The standard InChI is InChI=1S/C16H31N3O.ClH/c1-3-14-10-18(13-16(2)4-5-17-12-16)11-15(14)19-6-8-20-9-7-19;/h14-15,17H,3-13H2,1-2H3;1H. The van der Waals surface area contributed by atoms with Crippen LogP contribution in [0.15, 0.2) is 0 Å². The van der Waals surface area contributed by atoms with Crippen LogP contribution < -0.4 is 5.32 Å². The zero-order valence-corrected chi connectivity index (χ0v) is 14.5. The molecule has 3 aliphatic heterocycles. The summed E-state index contributed by atoms with van der Waals surface area (Å²) in [5.74, 6) is 0.853. The van der Waals surface area contributed by atoms with Crippen LogP contribution in [0.3, 0.4) is 0 Å². The van der Waals surface area contributed by atoms with E-state index in [-0.39, 0.29) is 12.4 Å². The predicted octanol–water partition coefficient (Wildman–Crippen LogP) is 1.45. The van der Waals surface area contributed by atoms with Crippen molar-refractivity contribution in [3.05, 3.63) is 0 Å². The number of nitrogens with zero attached hydrogens (tertiary/aromatic N) is 2. The second-order valence-corrected chi connectivity index (χ2v) is 7.32. The molecule has 3 aliphatic rings. The van der Waals surface area contributed by atoms with E-state index in [1.807, 2.05) is 0 Å². The molecule has 3 atom stereocenters. The fraction of sp³-hybridized carbons (Fsp3) is 1.00. The molecule has 0 aromatic rings. The van der Waals surface area contributed by atoms with Gasteiger partial charge in [-0.15, -0.1) is 12.4 Å². The van der Waals surface area contributed by atoms with Crippen LogP contribution in [0.1, 0.15) is 26.7 Å². The first-order valence-corrected chi connectivity index (χ1v) is 8.45. The first kappa shape index (κ1) is 17.5. The zero-order chi connectivity index (χ0) is 14.0. The normalized spacial score (nSPS) is 38.6. The molecule has 0 aromatic heterocycles. The lowest BCUT2D eigenvalue weighted by molar-refractivity contribution is 0.00979. The smallest absolute Gasteiger partial charge is 0.0594 e. The summed E-state index contributed by atoms with van der Waals surface area (Å²) >= 11 is 0. The van der Waals surface area contributed by atoms with Crippen molar-refractivity contribution in [3.63, 3.8) is 0 Å². The lowest BCUT2D eigenvalue weighted by atomic mass is 9.89. The number of nitrogens with one attached hydrogen (secondary N) is 1. The van der Waals surface area contributed by atoms with Crippen LogP contribution in [-0.2, 0) is 4.74 Å². The molecule has 5 heteroatoms. The number of rotatable bonds is 4. The van der Waals surface area contributed by atoms with Gasteiger partial charge >= 0.3 is 0 Å². The van der Waals surface area contributed by atoms with E-state index in [1.54, 1.807) is 0 Å². The Kier molecular flexibility index (Phi) is 6.33. The highest BCUT2D eigenvalue weighted by molar-refractivity contribution is 5.85. The maximum Gasteiger partial charge on any atom is 0.0594 e. The summed E-state index contributed by atoms with van der Waals surface area (Å²) in [6.07, 6.45) is 2.65. The molecule has 1 N–H and O–H groups in total. The Balaban J connectivity index is 0.00000161. The highest BCUT2D eigenvalue weighted by atomic mass is 35.5. The van der Waals surface area contributed by atoms with Crippen molar-refractivity contribution < 1.29 is 4.74 Å². The maximum absolute atomic E-state index is 5.52. The molecule has 124 valence electrons. The molecule has 21 heavy (non-hydrogen) atoms. The lowest BCUT2D eigenvalue weighted by Crippen LogP contribution is -2.47. The van der Waals surface area contributed by atoms with Crippen LogP contribution >= 0.6 is 12.4 Å². The number of hydrogen-bond acceptors (Lipinski definition) is 4. The van der Waals surface area contributed by atoms with Gasteiger partial charge in [-0.3, -0.25) is 4.90 Å². The molecule has 0 radical (unpaired) electrons. The van der Waals surface area contributed by atoms with Crippen molar-refractivity contribution in [2.24, 2.45) is 11.3 Å². The largest absolute Gasteiger partial charge is 0.379 e. The minimum atomic E-state index is 0. The van der Waals surface area contributed by atoms with Crippen molar-refractivity contribution in [2.45, 2.75) is 32.7 Å². The third-order valence-electron chi connectivity index (χ3n) is 5.58. The Morgan fingerprint density at radius 3 is 2.62 bits per heavy atom. The van der Waals surface area contributed by atoms with E-state index in [1.165, 1.54) is 45.6 Å². The van der Waals surface area contributed by atoms with Gasteiger partial charge in [-0.05, 0) is 24.3 Å². The van der Waals surface area contributed by atoms with E-state index in [9.17, 15) is 0 Å². The van der Waals surface area contributed by atoms with Gasteiger partial charge in [0.1, 0.15) is 0 Å². The van der Waals surface area contributed by atoms with Gasteiger partial charge in [0.2, 0.25) is 0 Å². The van der Waals surface area contributed by atoms with Gasteiger partial charge in [-0.2, -0.15) is 0 Å². The van der Waals surface area contributed by atoms with Crippen molar-refractivity contribution in [1.82, 2.24) is 15.1 Å². The SMILES string of the molecule is CCC1CN(CC2(C)CCNC2)CC1N1CCOCC1.Cl. The number of hydrogen-bond donors (Lipinski definition) is 1. The van der Waals surface area contributed by atoms with Crippen molar-refractivity contribution in [1.29, 1.82) is 0 Å². The minimum Gasteiger partial charge on any atom is -0.379 e. The van der Waals surface area contributed by atoms with Gasteiger partial charge in [-0.1, -0.05) is 20.3 Å². The van der Waals surface area contributed by atoms with Gasteiger partial charge in [0.15, 0.2) is 0 Å². The summed E-state index contributed by atoms with van der Waals surface area (Å²) < 4.78 is 5.52. The number of ether oxygens (including phenoxy) is 1. The second kappa shape index (κ2) is 7.60. The molecule has 3 saturated heterocycles. The van der Waals surface area contributed by atoms with Gasteiger partial charge in [0.25, 0.3) is 0 Å². The second-order valence-electron chi connectivity index (χ2n) is 7.32. The van der Waals surface area contributed by atoms with E-state index in [0.717, 1.165) is 38.3 Å². The van der Waals surface area contributed by atoms with Crippen LogP contribution in [0.4, 0.5) is 0 Å². The molecule has 3 heterocycles. The summed E-state index contributed by atoms with van der Waals surface area (Å²) in [4.78, 5) is 5.42. The minimum absolute atomic E-state index is 0. The molecule has 3 rings (SSSR count). The van der Waals surface area contributed by atoms with E-state index < -0.39 is 0 Å². The fourth-order valence-electron chi connectivity index (χ4n) is 4.34. The van der Waals surface area contributed by atoms with Crippen molar-refractivity contribution >= 4 is 12.4 Å². The average molecular weight is 318 g/mol. The zero-order valence-electron chi connectivity index (χ0n) is 13.6. The van der Waals surface area contributed by atoms with Crippen molar-refractivity contribution in [3.8, 4) is 0 Å². The molecule has 0 spiro atoms. The Hall–Kier alpha value is 0.130. The molecule has 4 nitrogen and oxygen atoms in total. The third-order valence-corrected chi connectivity index (χ3v) is 5.58. The Morgan fingerprint density at radius 1 is 1.24 bits per heavy atom. The van der Waals surface area contributed by atoms with Crippen LogP contribution in [-0.4, -0.2) is 74.9 Å². The summed E-state index contributed by atoms with van der Waals surface area (Å²) in [5, 5.41) is 3.53. The number of likely N-dealkylation sites (tertiary alicyclic amines) is 1. The summed E-state index contributed by atoms with van der Waals surface area (Å²) in [7, 11) is 0. The summed E-state index contributed by atoms with van der Waals surface area (Å²) in [5.41, 5.74) is 0.498. The van der Waals surface area contributed by atoms with Gasteiger partial charge < -0.3 is 15.0 Å². The van der Waals surface area contributed by atoms with Gasteiger partial charge in [0, 0.05) is 45.3 Å². The number of halogens is 1. The Morgan fingerprint density at radius 2 is 2.00 bits per heavy atom. The molecule has 0 amide bonds. The van der Waals surface area contributed by atoms with Gasteiger partial charge in [-0.25, -0.2) is 0 Å². The van der Waals surface area contributed by atoms with Crippen LogP contribution in [0, 0.1) is 11.3 Å². The Labute approximate surface area is 136 Å². The van der Waals surface area contributed by atoms with Crippen molar-refractivity contribution in [2.75, 3.05) is 59.0 Å². The fourth-order valence-corrected chi connectivity index (χ4v) is 4.34. The van der Waals surface area contributed by atoms with E-state index in [2.05, 4.69) is 29.0 Å². The summed E-state index contributed by atoms with van der Waals surface area (Å²) in [6, 6.07) is 0.766. The monoisotopic (exact) mass is 317 g/mol. The quantitative estimate of drug-likeness (QED) is 0.849. The molecule has 0 aromatic carbocycles. The lowest BCUT2D eigenvalue weighted by Gasteiger charge is -2.35. The first-order valence-electron chi connectivity index (χ1n) is 8.45. The maximum atomic E-state index is 5.52. The molecule has 0 saturated carbocycles. The van der Waals surface area contributed by atoms with Crippen LogP contribution in [0.2, 0.25) is 0 Å². The highest BCUT2D eigenvalue weighted by Crippen LogP contribution is 2.31. The molecule has 0 bridgehead atoms. The summed E-state index contributed by atoms with van der Waals surface area (Å²) in [6.45, 7) is 15.2. The molecule has 3 unspecified atom stereocenters. The van der Waals surface area contributed by atoms with E-state index >= 15 is 0 Å². The van der Waals surface area contributed by atoms with Gasteiger partial charge in [0.05, 0.1) is 13.2 Å². The predicted molar refractivity (Wildman–Crippen MR) is 89.2 cm³/mol. The highest BCUT2D eigenvalue weighted by Gasteiger charge is 2.39. The third kappa shape index (κ3) is 4.11. The molecular formula is C16H32ClN3O. The molecule has 3 fully saturated rings. The van der Waals surface area contributed by atoms with Crippen LogP contribution in [0.25, 0.3) is 0 Å². The van der Waals surface area contributed by atoms with Crippen LogP contribution in [0.5, 0.6) is 0 Å². The molecular weight excluding hydrogens is 286 g/mol.